The number of fused-ring (bicyclic) bond motifs is 2. The number of nitrogens with zero attached hydrogens (tertiary/aromatic N) is 1. The molecule has 0 aromatic heterocycles. The average Bonchev–Trinajstić information content (AvgIpc) is 3.02. The van der Waals surface area contributed by atoms with Gasteiger partial charge in [-0.2, -0.15) is 0 Å². The van der Waals surface area contributed by atoms with E-state index in [-0.39, 0.29) is 12.2 Å². The lowest BCUT2D eigenvalue weighted by Crippen LogP contribution is -2.19. The Bertz CT molecular complexity index is 1610. The summed E-state index contributed by atoms with van der Waals surface area (Å²) in [6, 6.07) is 22.0. The summed E-state index contributed by atoms with van der Waals surface area (Å²) in [7, 11) is 0. The van der Waals surface area contributed by atoms with Crippen molar-refractivity contribution in [2.75, 3.05) is 0 Å². The van der Waals surface area contributed by atoms with Crippen LogP contribution < -0.4 is 9.47 Å². The molecule has 6 nitrogen and oxygen atoms in total. The first kappa shape index (κ1) is 27.0. The maximum atomic E-state index is 13.8. The molecule has 2 fully saturated rings. The molecular formula is C35H35NO5. The molecule has 0 amide bonds. The van der Waals surface area contributed by atoms with Gasteiger partial charge < -0.3 is 14.6 Å². The first-order valence-corrected chi connectivity index (χ1v) is 14.8. The number of ketones is 1. The second-order valence-electron chi connectivity index (χ2n) is 11.2. The van der Waals surface area contributed by atoms with E-state index in [1.54, 1.807) is 18.2 Å². The number of aliphatic hydroxyl groups is 1. The highest BCUT2D eigenvalue weighted by Crippen LogP contribution is 2.37. The monoisotopic (exact) mass is 549 g/mol. The molecule has 0 bridgehead atoms. The Morgan fingerprint density at radius 2 is 1.05 bits per heavy atom. The molecule has 2 aliphatic carbocycles. The van der Waals surface area contributed by atoms with Gasteiger partial charge in [-0.05, 0) is 91.6 Å². The summed E-state index contributed by atoms with van der Waals surface area (Å²) in [6.07, 6.45) is 11.5. The fourth-order valence-electron chi connectivity index (χ4n) is 6.33. The summed E-state index contributed by atoms with van der Waals surface area (Å²) < 4.78 is 12.7. The Morgan fingerprint density at radius 1 is 0.610 bits per heavy atom. The number of hydrogen-bond donors (Lipinski definition) is 1. The Labute approximate surface area is 240 Å². The van der Waals surface area contributed by atoms with Gasteiger partial charge in [0, 0.05) is 21.9 Å². The second-order valence-corrected chi connectivity index (χ2v) is 11.2. The van der Waals surface area contributed by atoms with Crippen LogP contribution in [0.4, 0.5) is 0 Å². The van der Waals surface area contributed by atoms with Crippen LogP contribution in [0.5, 0.6) is 11.5 Å². The summed E-state index contributed by atoms with van der Waals surface area (Å²) in [4.78, 5) is 25.9. The van der Waals surface area contributed by atoms with Gasteiger partial charge in [0.25, 0.3) is 0 Å². The van der Waals surface area contributed by atoms with Gasteiger partial charge in [0.15, 0.2) is 11.5 Å². The van der Waals surface area contributed by atoms with E-state index in [1.165, 1.54) is 12.8 Å². The highest BCUT2D eigenvalue weighted by Gasteiger charge is 2.25. The smallest absolute Gasteiger partial charge is 0.219 e. The standard InChI is InChI=1S/C35H35NO5/c37-34(29-19-21-31(27-17-9-7-15-25(27)29)40-23-11-3-1-4-12-23)33(36-39)35(38)30-20-22-32(28-18-10-8-16-26(28)30)41-24-13-5-2-6-14-24/h7-10,15-24,37H,1-6,11-14H2. The SMILES string of the molecule is O=NC(C(=O)c1ccc(OC2CCCCC2)c2ccccc12)=C(O)c1ccc(OC2CCCCC2)c2ccccc12. The van der Waals surface area contributed by atoms with Crippen molar-refractivity contribution < 1.29 is 19.4 Å². The van der Waals surface area contributed by atoms with Gasteiger partial charge in [-0.1, -0.05) is 61.4 Å². The number of nitroso groups, excluding NO2 is 1. The van der Waals surface area contributed by atoms with Gasteiger partial charge in [-0.15, -0.1) is 4.91 Å². The molecule has 0 heterocycles. The fourth-order valence-corrected chi connectivity index (χ4v) is 6.33. The zero-order chi connectivity index (χ0) is 28.2. The van der Waals surface area contributed by atoms with Crippen molar-refractivity contribution in [3.8, 4) is 11.5 Å². The van der Waals surface area contributed by atoms with Crippen molar-refractivity contribution in [3.63, 3.8) is 0 Å². The van der Waals surface area contributed by atoms with E-state index in [2.05, 4.69) is 5.18 Å². The molecule has 0 aliphatic heterocycles. The van der Waals surface area contributed by atoms with Crippen LogP contribution in [0.15, 0.2) is 83.7 Å². The number of allylic oxidation sites excluding steroid dienone is 1. The molecule has 210 valence electrons. The Kier molecular flexibility index (Phi) is 7.99. The number of ether oxygens (including phenoxy) is 2. The lowest BCUT2D eigenvalue weighted by atomic mass is 9.95. The van der Waals surface area contributed by atoms with Crippen LogP contribution in [0.1, 0.15) is 80.1 Å². The predicted octanol–water partition coefficient (Wildman–Crippen LogP) is 9.29. The van der Waals surface area contributed by atoms with Gasteiger partial charge >= 0.3 is 0 Å². The predicted molar refractivity (Wildman–Crippen MR) is 163 cm³/mol. The van der Waals surface area contributed by atoms with Crippen molar-refractivity contribution in [2.24, 2.45) is 5.18 Å². The maximum absolute atomic E-state index is 13.8. The largest absolute Gasteiger partial charge is 0.505 e. The molecule has 4 aromatic rings. The molecular weight excluding hydrogens is 514 g/mol. The number of rotatable bonds is 8. The van der Waals surface area contributed by atoms with Crippen LogP contribution in [-0.2, 0) is 0 Å². The molecule has 0 saturated heterocycles. The molecule has 2 aliphatic rings. The van der Waals surface area contributed by atoms with Crippen molar-refractivity contribution in [3.05, 3.63) is 94.5 Å². The van der Waals surface area contributed by atoms with Gasteiger partial charge in [-0.3, -0.25) is 4.79 Å². The third-order valence-corrected chi connectivity index (χ3v) is 8.49. The minimum atomic E-state index is -0.635. The minimum absolute atomic E-state index is 0.156. The normalized spacial score (nSPS) is 17.3. The summed E-state index contributed by atoms with van der Waals surface area (Å²) in [5.74, 6) is 0.370. The molecule has 0 unspecified atom stereocenters. The van der Waals surface area contributed by atoms with Crippen molar-refractivity contribution in [1.29, 1.82) is 0 Å². The summed E-state index contributed by atoms with van der Waals surface area (Å²) in [6.45, 7) is 0. The topological polar surface area (TPSA) is 85.2 Å². The van der Waals surface area contributed by atoms with E-state index >= 15 is 0 Å². The second kappa shape index (κ2) is 12.1. The van der Waals surface area contributed by atoms with Crippen LogP contribution in [-0.4, -0.2) is 23.1 Å². The summed E-state index contributed by atoms with van der Waals surface area (Å²) >= 11 is 0. The molecule has 6 rings (SSSR count). The average molecular weight is 550 g/mol. The molecule has 0 radical (unpaired) electrons. The number of carbonyl (C=O) groups is 1. The van der Waals surface area contributed by atoms with Crippen molar-refractivity contribution >= 4 is 33.1 Å². The Balaban J connectivity index is 1.37. The zero-order valence-corrected chi connectivity index (χ0v) is 23.2. The molecule has 2 saturated carbocycles. The van der Waals surface area contributed by atoms with Gasteiger partial charge in [0.05, 0.1) is 12.2 Å². The Hall–Kier alpha value is -4.19. The van der Waals surface area contributed by atoms with E-state index in [9.17, 15) is 14.8 Å². The molecule has 6 heteroatoms. The van der Waals surface area contributed by atoms with Gasteiger partial charge in [0.2, 0.25) is 5.78 Å². The van der Waals surface area contributed by atoms with Gasteiger partial charge in [0.1, 0.15) is 11.5 Å². The van der Waals surface area contributed by atoms with Crippen LogP contribution in [0.2, 0.25) is 0 Å². The van der Waals surface area contributed by atoms with E-state index in [0.29, 0.717) is 21.9 Å². The Morgan fingerprint density at radius 3 is 1.54 bits per heavy atom. The zero-order valence-electron chi connectivity index (χ0n) is 23.2. The maximum Gasteiger partial charge on any atom is 0.219 e. The van der Waals surface area contributed by atoms with Crippen LogP contribution in [0, 0.1) is 4.91 Å². The van der Waals surface area contributed by atoms with Crippen molar-refractivity contribution in [2.45, 2.75) is 76.4 Å². The third-order valence-electron chi connectivity index (χ3n) is 8.49. The van der Waals surface area contributed by atoms with E-state index < -0.39 is 17.2 Å². The van der Waals surface area contributed by atoms with E-state index in [4.69, 9.17) is 9.47 Å². The lowest BCUT2D eigenvalue weighted by molar-refractivity contribution is 0.103. The highest BCUT2D eigenvalue weighted by atomic mass is 16.5. The van der Waals surface area contributed by atoms with E-state index in [1.807, 2.05) is 54.6 Å². The van der Waals surface area contributed by atoms with Crippen LogP contribution >= 0.6 is 0 Å². The molecule has 4 aromatic carbocycles. The van der Waals surface area contributed by atoms with Gasteiger partial charge in [-0.25, -0.2) is 0 Å². The number of hydrogen-bond acceptors (Lipinski definition) is 6. The van der Waals surface area contributed by atoms with Crippen molar-refractivity contribution in [1.82, 2.24) is 0 Å². The lowest BCUT2D eigenvalue weighted by Gasteiger charge is -2.24. The van der Waals surface area contributed by atoms with E-state index in [0.717, 1.165) is 73.6 Å². The highest BCUT2D eigenvalue weighted by molar-refractivity contribution is 6.19. The summed E-state index contributed by atoms with van der Waals surface area (Å²) in [5.41, 5.74) is 0.127. The fraction of sp³-hybridized carbons (Fsp3) is 0.343. The van der Waals surface area contributed by atoms with Crippen LogP contribution in [0.3, 0.4) is 0 Å². The molecule has 1 N–H and O–H groups in total. The van der Waals surface area contributed by atoms with Crippen LogP contribution in [0.25, 0.3) is 27.3 Å². The third kappa shape index (κ3) is 5.56. The minimum Gasteiger partial charge on any atom is -0.505 e. The number of aliphatic hydroxyl groups excluding tert-OH is 1. The first-order chi connectivity index (χ1) is 20.1. The number of Topliss-reactive ketones (excluding diaryl/α,β-unsaturated/α-hetero) is 1. The number of benzene rings is 4. The summed E-state index contributed by atoms with van der Waals surface area (Å²) in [5, 5.41) is 17.4. The molecule has 0 spiro atoms. The molecule has 0 atom stereocenters. The number of carbonyl (C=O) groups excluding carboxylic acids is 1. The first-order valence-electron chi connectivity index (χ1n) is 14.8. The molecule has 41 heavy (non-hydrogen) atoms. The quantitative estimate of drug-likeness (QED) is 0.102.